The molecule has 3 atom stereocenters. The number of carbonyl (C=O) groups excluding carboxylic acids is 1. The van der Waals surface area contributed by atoms with Crippen molar-refractivity contribution in [2.24, 2.45) is 11.8 Å². The van der Waals surface area contributed by atoms with Crippen LogP contribution < -0.4 is 10.1 Å². The summed E-state index contributed by atoms with van der Waals surface area (Å²) in [7, 11) is 0. The van der Waals surface area contributed by atoms with E-state index in [1.54, 1.807) is 11.8 Å². The molecule has 0 aliphatic heterocycles. The third-order valence-corrected chi connectivity index (χ3v) is 6.77. The van der Waals surface area contributed by atoms with Crippen molar-refractivity contribution < 1.29 is 13.9 Å². The van der Waals surface area contributed by atoms with Crippen LogP contribution in [0.3, 0.4) is 0 Å². The molecule has 2 aromatic rings. The Balaban J connectivity index is 1.50. The number of ether oxygens (including phenoxy) is 1. The predicted molar refractivity (Wildman–Crippen MR) is 118 cm³/mol. The Morgan fingerprint density at radius 3 is 2.76 bits per heavy atom. The van der Waals surface area contributed by atoms with Gasteiger partial charge in [-0.25, -0.2) is 4.98 Å². The van der Waals surface area contributed by atoms with Crippen molar-refractivity contribution in [3.63, 3.8) is 0 Å². The summed E-state index contributed by atoms with van der Waals surface area (Å²) >= 11 is 1.58. The van der Waals surface area contributed by atoms with Crippen LogP contribution in [-0.2, 0) is 10.5 Å². The number of rotatable bonds is 8. The van der Waals surface area contributed by atoms with Crippen molar-refractivity contribution in [2.75, 3.05) is 12.4 Å². The number of hydrogen-bond acceptors (Lipinski definition) is 5. The van der Waals surface area contributed by atoms with E-state index in [2.05, 4.69) is 24.1 Å². The zero-order valence-electron chi connectivity index (χ0n) is 17.9. The van der Waals surface area contributed by atoms with Gasteiger partial charge in [0.05, 0.1) is 18.1 Å². The molecule has 1 aliphatic carbocycles. The summed E-state index contributed by atoms with van der Waals surface area (Å²) in [5.41, 5.74) is 1.82. The van der Waals surface area contributed by atoms with Gasteiger partial charge in [-0.05, 0) is 56.4 Å². The fraction of sp³-hybridized carbons (Fsp3) is 0.565. The van der Waals surface area contributed by atoms with E-state index in [4.69, 9.17) is 9.15 Å². The van der Waals surface area contributed by atoms with E-state index in [1.807, 2.05) is 38.1 Å². The van der Waals surface area contributed by atoms with Gasteiger partial charge in [-0.3, -0.25) is 4.79 Å². The van der Waals surface area contributed by atoms with Crippen molar-refractivity contribution in [2.45, 2.75) is 58.8 Å². The molecule has 1 amide bonds. The van der Waals surface area contributed by atoms with Gasteiger partial charge < -0.3 is 14.5 Å². The first-order valence-electron chi connectivity index (χ1n) is 10.5. The topological polar surface area (TPSA) is 64.4 Å². The van der Waals surface area contributed by atoms with Crippen molar-refractivity contribution >= 4 is 17.7 Å². The summed E-state index contributed by atoms with van der Waals surface area (Å²) in [4.78, 5) is 17.0. The molecule has 6 heteroatoms. The van der Waals surface area contributed by atoms with E-state index in [1.165, 1.54) is 12.8 Å². The minimum absolute atomic E-state index is 0.119. The fourth-order valence-electron chi connectivity index (χ4n) is 3.82. The number of nitrogens with zero attached hydrogens (tertiary/aromatic N) is 1. The summed E-state index contributed by atoms with van der Waals surface area (Å²) in [6, 6.07) is 8.06. The molecule has 0 bridgehead atoms. The van der Waals surface area contributed by atoms with Gasteiger partial charge in [-0.2, -0.15) is 0 Å². The van der Waals surface area contributed by atoms with Crippen molar-refractivity contribution in [3.05, 3.63) is 35.7 Å². The third kappa shape index (κ3) is 5.78. The molecule has 1 heterocycles. The van der Waals surface area contributed by atoms with E-state index >= 15 is 0 Å². The predicted octanol–water partition coefficient (Wildman–Crippen LogP) is 5.22. The molecule has 0 radical (unpaired) electrons. The van der Waals surface area contributed by atoms with E-state index in [0.717, 1.165) is 29.2 Å². The highest BCUT2D eigenvalue weighted by molar-refractivity contribution is 7.99. The fourth-order valence-corrected chi connectivity index (χ4v) is 4.65. The quantitative estimate of drug-likeness (QED) is 0.639. The lowest BCUT2D eigenvalue weighted by Gasteiger charge is -2.34. The maximum absolute atomic E-state index is 12.4. The second kappa shape index (κ2) is 10.2. The van der Waals surface area contributed by atoms with Crippen LogP contribution in [0.25, 0.3) is 11.5 Å². The first-order valence-corrected chi connectivity index (χ1v) is 11.7. The van der Waals surface area contributed by atoms with Crippen LogP contribution in [0, 0.1) is 18.8 Å². The molecular weight excluding hydrogens is 384 g/mol. The Kier molecular flexibility index (Phi) is 7.64. The lowest BCUT2D eigenvalue weighted by Crippen LogP contribution is -2.44. The largest absolute Gasteiger partial charge is 0.494 e. The van der Waals surface area contributed by atoms with E-state index in [0.29, 0.717) is 41.9 Å². The Bertz CT molecular complexity index is 803. The number of thioether (sulfide) groups is 1. The molecule has 0 unspecified atom stereocenters. The van der Waals surface area contributed by atoms with E-state index in [9.17, 15) is 4.79 Å². The lowest BCUT2D eigenvalue weighted by molar-refractivity contribution is -0.119. The summed E-state index contributed by atoms with van der Waals surface area (Å²) in [6.07, 6.45) is 3.57. The second-order valence-corrected chi connectivity index (χ2v) is 8.90. The van der Waals surface area contributed by atoms with Crippen LogP contribution in [0.2, 0.25) is 0 Å². The molecule has 0 saturated heterocycles. The number of aryl methyl sites for hydroxylation is 1. The normalized spacial score (nSPS) is 21.7. The monoisotopic (exact) mass is 416 g/mol. The van der Waals surface area contributed by atoms with Gasteiger partial charge >= 0.3 is 0 Å². The highest BCUT2D eigenvalue weighted by atomic mass is 32.2. The molecule has 1 aromatic heterocycles. The van der Waals surface area contributed by atoms with Gasteiger partial charge in [0.25, 0.3) is 0 Å². The Morgan fingerprint density at radius 1 is 1.28 bits per heavy atom. The van der Waals surface area contributed by atoms with Gasteiger partial charge in [0, 0.05) is 17.4 Å². The van der Waals surface area contributed by atoms with Crippen molar-refractivity contribution in [3.8, 4) is 17.2 Å². The number of hydrogen-bond donors (Lipinski definition) is 1. The first-order chi connectivity index (χ1) is 14.0. The molecule has 3 rings (SSSR count). The van der Waals surface area contributed by atoms with Crippen LogP contribution >= 0.6 is 11.8 Å². The molecule has 1 aliphatic rings. The molecule has 29 heavy (non-hydrogen) atoms. The second-order valence-electron chi connectivity index (χ2n) is 7.91. The van der Waals surface area contributed by atoms with Crippen LogP contribution in [-0.4, -0.2) is 29.3 Å². The molecule has 1 saturated carbocycles. The number of oxazole rings is 1. The summed E-state index contributed by atoms with van der Waals surface area (Å²) in [5, 5.41) is 3.23. The SMILES string of the molecule is CCOc1ccc(-c2nc(CSCC(=O)N[C@@H]3CCC[C@H](C)[C@H]3C)c(C)o2)cc1. The van der Waals surface area contributed by atoms with Crippen LogP contribution in [0.15, 0.2) is 28.7 Å². The number of amides is 1. The molecule has 1 N–H and O–H groups in total. The highest BCUT2D eigenvalue weighted by Crippen LogP contribution is 2.30. The smallest absolute Gasteiger partial charge is 0.230 e. The highest BCUT2D eigenvalue weighted by Gasteiger charge is 2.28. The van der Waals surface area contributed by atoms with Gasteiger partial charge in [0.1, 0.15) is 11.5 Å². The summed E-state index contributed by atoms with van der Waals surface area (Å²) < 4.78 is 11.3. The number of carbonyl (C=O) groups is 1. The average molecular weight is 417 g/mol. The molecule has 5 nitrogen and oxygen atoms in total. The van der Waals surface area contributed by atoms with Crippen LogP contribution in [0.1, 0.15) is 51.5 Å². The maximum atomic E-state index is 12.4. The first kappa shape index (κ1) is 21.8. The van der Waals surface area contributed by atoms with Gasteiger partial charge in [0.2, 0.25) is 11.8 Å². The van der Waals surface area contributed by atoms with Gasteiger partial charge in [-0.1, -0.05) is 26.7 Å². The van der Waals surface area contributed by atoms with Crippen molar-refractivity contribution in [1.29, 1.82) is 0 Å². The lowest BCUT2D eigenvalue weighted by atomic mass is 9.78. The molecular formula is C23H32N2O3S. The Hall–Kier alpha value is -1.95. The maximum Gasteiger partial charge on any atom is 0.230 e. The van der Waals surface area contributed by atoms with Crippen LogP contribution in [0.5, 0.6) is 5.75 Å². The zero-order valence-corrected chi connectivity index (χ0v) is 18.7. The zero-order chi connectivity index (χ0) is 20.8. The minimum Gasteiger partial charge on any atom is -0.494 e. The average Bonchev–Trinajstić information content (AvgIpc) is 3.07. The molecule has 158 valence electrons. The standard InChI is InChI=1S/C23H32N2O3S/c1-5-27-19-11-9-18(10-12-19)23-25-21(17(4)28-23)13-29-14-22(26)24-20-8-6-7-15(2)16(20)3/h9-12,15-16,20H,5-8,13-14H2,1-4H3,(H,24,26)/t15-,16+,20+/m0/s1. The minimum atomic E-state index is 0.119. The summed E-state index contributed by atoms with van der Waals surface area (Å²) in [6.45, 7) is 9.07. The van der Waals surface area contributed by atoms with E-state index in [-0.39, 0.29) is 5.91 Å². The Morgan fingerprint density at radius 2 is 2.03 bits per heavy atom. The van der Waals surface area contributed by atoms with Crippen LogP contribution in [0.4, 0.5) is 0 Å². The number of nitrogens with one attached hydrogen (secondary N) is 1. The molecule has 0 spiro atoms. The third-order valence-electron chi connectivity index (χ3n) is 5.83. The molecule has 1 fully saturated rings. The Labute approximate surface area is 178 Å². The van der Waals surface area contributed by atoms with Gasteiger partial charge in [0.15, 0.2) is 0 Å². The number of benzene rings is 1. The summed E-state index contributed by atoms with van der Waals surface area (Å²) in [5.74, 6) is 4.70. The number of aromatic nitrogens is 1. The van der Waals surface area contributed by atoms with Gasteiger partial charge in [-0.15, -0.1) is 11.8 Å². The van der Waals surface area contributed by atoms with Crippen molar-refractivity contribution in [1.82, 2.24) is 10.3 Å². The van der Waals surface area contributed by atoms with E-state index < -0.39 is 0 Å². The molecule has 1 aromatic carbocycles.